The summed E-state index contributed by atoms with van der Waals surface area (Å²) in [7, 11) is 0. The van der Waals surface area contributed by atoms with Crippen LogP contribution in [0.25, 0.3) is 0 Å². The van der Waals surface area contributed by atoms with Crippen molar-refractivity contribution in [2.45, 2.75) is 89.1 Å². The molecule has 0 spiro atoms. The third-order valence-electron chi connectivity index (χ3n) is 7.15. The molecule has 4 rings (SSSR count). The number of nitrogens with zero attached hydrogens (tertiary/aromatic N) is 2. The maximum atomic E-state index is 13.0. The lowest BCUT2D eigenvalue weighted by molar-refractivity contribution is -0.137. The molecule has 1 aliphatic heterocycles. The van der Waals surface area contributed by atoms with Gasteiger partial charge in [-0.15, -0.1) is 0 Å². The fourth-order valence-corrected chi connectivity index (χ4v) is 5.07. The van der Waals surface area contributed by atoms with Crippen molar-refractivity contribution in [3.8, 4) is 0 Å². The lowest BCUT2D eigenvalue weighted by Gasteiger charge is -2.41. The van der Waals surface area contributed by atoms with Crippen LogP contribution in [0.4, 0.5) is 0 Å². The second-order valence-corrected chi connectivity index (χ2v) is 9.46. The summed E-state index contributed by atoms with van der Waals surface area (Å²) in [5.74, 6) is 1.31. The number of likely N-dealkylation sites (tertiary alicyclic amines) is 1. The predicted octanol–water partition coefficient (Wildman–Crippen LogP) is 2.96. The summed E-state index contributed by atoms with van der Waals surface area (Å²) in [4.78, 5) is 27.5. The zero-order valence-corrected chi connectivity index (χ0v) is 17.5. The highest BCUT2D eigenvalue weighted by molar-refractivity contribution is 5.92. The Morgan fingerprint density at radius 3 is 2.69 bits per heavy atom. The Morgan fingerprint density at radius 1 is 1.28 bits per heavy atom. The first-order valence-electron chi connectivity index (χ1n) is 11.3. The first-order chi connectivity index (χ1) is 14.0. The van der Waals surface area contributed by atoms with Gasteiger partial charge in [0, 0.05) is 37.0 Å². The number of piperidine rings is 1. The monoisotopic (exact) mass is 402 g/mol. The topological polar surface area (TPSA) is 101 Å². The van der Waals surface area contributed by atoms with Crippen molar-refractivity contribution in [1.29, 1.82) is 0 Å². The van der Waals surface area contributed by atoms with Gasteiger partial charge in [-0.3, -0.25) is 9.59 Å². The van der Waals surface area contributed by atoms with Gasteiger partial charge >= 0.3 is 0 Å². The third-order valence-corrected chi connectivity index (χ3v) is 7.15. The van der Waals surface area contributed by atoms with E-state index in [1.54, 1.807) is 6.07 Å². The summed E-state index contributed by atoms with van der Waals surface area (Å²) in [6.45, 7) is 3.35. The lowest BCUT2D eigenvalue weighted by Crippen LogP contribution is -2.52. The van der Waals surface area contributed by atoms with Gasteiger partial charge in [-0.1, -0.05) is 24.4 Å². The molecule has 0 aromatic carbocycles. The van der Waals surface area contributed by atoms with Gasteiger partial charge in [0.1, 0.15) is 5.76 Å². The number of hydrogen-bond acceptors (Lipinski definition) is 5. The Morgan fingerprint density at radius 2 is 2.03 bits per heavy atom. The summed E-state index contributed by atoms with van der Waals surface area (Å²) in [5.41, 5.74) is 6.43. The summed E-state index contributed by atoms with van der Waals surface area (Å²) < 4.78 is 5.29. The zero-order chi connectivity index (χ0) is 20.4. The van der Waals surface area contributed by atoms with E-state index in [9.17, 15) is 9.59 Å². The molecule has 3 aliphatic rings. The van der Waals surface area contributed by atoms with Gasteiger partial charge in [0.15, 0.2) is 5.69 Å². The van der Waals surface area contributed by atoms with Crippen LogP contribution >= 0.6 is 0 Å². The predicted molar refractivity (Wildman–Crippen MR) is 109 cm³/mol. The van der Waals surface area contributed by atoms with Gasteiger partial charge in [-0.05, 0) is 57.4 Å². The van der Waals surface area contributed by atoms with E-state index < -0.39 is 0 Å². The second kappa shape index (κ2) is 8.46. The van der Waals surface area contributed by atoms with Crippen LogP contribution in [-0.2, 0) is 4.79 Å². The molecule has 3 fully saturated rings. The van der Waals surface area contributed by atoms with Crippen molar-refractivity contribution in [3.05, 3.63) is 17.5 Å². The molecule has 7 heteroatoms. The van der Waals surface area contributed by atoms with Crippen LogP contribution in [0.15, 0.2) is 10.6 Å². The Balaban J connectivity index is 1.29. The smallest absolute Gasteiger partial charge is 0.273 e. The van der Waals surface area contributed by atoms with E-state index >= 15 is 0 Å². The summed E-state index contributed by atoms with van der Waals surface area (Å²) in [6, 6.07) is 1.94. The van der Waals surface area contributed by atoms with E-state index in [1.165, 1.54) is 19.3 Å². The van der Waals surface area contributed by atoms with E-state index in [2.05, 4.69) is 17.4 Å². The number of nitrogens with one attached hydrogen (secondary N) is 1. The minimum atomic E-state index is -0.179. The van der Waals surface area contributed by atoms with E-state index in [4.69, 9.17) is 10.3 Å². The molecule has 29 heavy (non-hydrogen) atoms. The van der Waals surface area contributed by atoms with Crippen molar-refractivity contribution in [2.75, 3.05) is 13.1 Å². The molecule has 1 aromatic rings. The molecule has 2 atom stereocenters. The molecule has 2 heterocycles. The highest BCUT2D eigenvalue weighted by Crippen LogP contribution is 2.40. The van der Waals surface area contributed by atoms with Crippen molar-refractivity contribution >= 4 is 11.8 Å². The SMILES string of the molecule is C[C@H]1C[C@@H](NC(=O)c2cc(C3CC3)on2)CCN1C(=O)CC1(CN)CCCCC1. The number of nitrogens with two attached hydrogens (primary N) is 1. The molecule has 1 saturated heterocycles. The van der Waals surface area contributed by atoms with E-state index in [0.717, 1.165) is 44.3 Å². The van der Waals surface area contributed by atoms with Crippen LogP contribution in [0.2, 0.25) is 0 Å². The summed E-state index contributed by atoms with van der Waals surface area (Å²) in [6.07, 6.45) is 10.1. The first-order valence-corrected chi connectivity index (χ1v) is 11.3. The van der Waals surface area contributed by atoms with Crippen molar-refractivity contribution in [3.63, 3.8) is 0 Å². The van der Waals surface area contributed by atoms with E-state index in [1.807, 2.05) is 4.90 Å². The number of rotatable bonds is 6. The minimum Gasteiger partial charge on any atom is -0.360 e. The molecule has 0 unspecified atom stereocenters. The van der Waals surface area contributed by atoms with E-state index in [0.29, 0.717) is 31.1 Å². The highest BCUT2D eigenvalue weighted by Gasteiger charge is 2.37. The molecular formula is C22H34N4O3. The van der Waals surface area contributed by atoms with Crippen LogP contribution in [0.1, 0.15) is 93.3 Å². The standard InChI is InChI=1S/C22H34N4O3/c1-15-11-17(24-21(28)18-12-19(29-25-18)16-5-6-16)7-10-26(15)20(27)13-22(14-23)8-3-2-4-9-22/h12,15-17H,2-11,13-14,23H2,1H3,(H,24,28)/t15-,17-/m0/s1. The largest absolute Gasteiger partial charge is 0.360 e. The Labute approximate surface area is 172 Å². The maximum Gasteiger partial charge on any atom is 0.273 e. The number of carbonyl (C=O) groups excluding carboxylic acids is 2. The summed E-state index contributed by atoms with van der Waals surface area (Å²) >= 11 is 0. The molecule has 0 radical (unpaired) electrons. The lowest BCUT2D eigenvalue weighted by atomic mass is 9.71. The van der Waals surface area contributed by atoms with Crippen molar-refractivity contribution in [2.24, 2.45) is 11.1 Å². The van der Waals surface area contributed by atoms with E-state index in [-0.39, 0.29) is 29.3 Å². The molecule has 2 amide bonds. The maximum absolute atomic E-state index is 13.0. The fourth-order valence-electron chi connectivity index (χ4n) is 5.07. The van der Waals surface area contributed by atoms with Gasteiger partial charge in [-0.2, -0.15) is 0 Å². The van der Waals surface area contributed by atoms with Crippen LogP contribution < -0.4 is 11.1 Å². The molecule has 1 aromatic heterocycles. The molecule has 2 aliphatic carbocycles. The fraction of sp³-hybridized carbons (Fsp3) is 0.773. The molecule has 3 N–H and O–H groups in total. The Kier molecular flexibility index (Phi) is 5.95. The number of hydrogen-bond donors (Lipinski definition) is 2. The quantitative estimate of drug-likeness (QED) is 0.762. The van der Waals surface area contributed by atoms with Gasteiger partial charge in [-0.25, -0.2) is 0 Å². The molecular weight excluding hydrogens is 368 g/mol. The molecule has 2 saturated carbocycles. The average molecular weight is 403 g/mol. The van der Waals surface area contributed by atoms with Crippen LogP contribution in [0.5, 0.6) is 0 Å². The zero-order valence-electron chi connectivity index (χ0n) is 17.5. The van der Waals surface area contributed by atoms with Crippen molar-refractivity contribution < 1.29 is 14.1 Å². The van der Waals surface area contributed by atoms with Crippen LogP contribution in [0.3, 0.4) is 0 Å². The van der Waals surface area contributed by atoms with Crippen LogP contribution in [-0.4, -0.2) is 47.0 Å². The second-order valence-electron chi connectivity index (χ2n) is 9.46. The molecule has 0 bridgehead atoms. The number of carbonyl (C=O) groups is 2. The molecule has 160 valence electrons. The highest BCUT2D eigenvalue weighted by atomic mass is 16.5. The normalized spacial score (nSPS) is 26.9. The van der Waals surface area contributed by atoms with Crippen molar-refractivity contribution in [1.82, 2.24) is 15.4 Å². The molecule has 7 nitrogen and oxygen atoms in total. The third kappa shape index (κ3) is 4.65. The summed E-state index contributed by atoms with van der Waals surface area (Å²) in [5, 5.41) is 7.00. The first kappa shape index (κ1) is 20.4. The van der Waals surface area contributed by atoms with Gasteiger partial charge in [0.25, 0.3) is 5.91 Å². The minimum absolute atomic E-state index is 0.00760. The number of aromatic nitrogens is 1. The van der Waals surface area contributed by atoms with Gasteiger partial charge in [0.05, 0.1) is 0 Å². The average Bonchev–Trinajstić information content (AvgIpc) is 3.45. The van der Waals surface area contributed by atoms with Crippen LogP contribution in [0, 0.1) is 5.41 Å². The Bertz CT molecular complexity index is 736. The van der Waals surface area contributed by atoms with Gasteiger partial charge in [0.2, 0.25) is 5.91 Å². The number of amides is 2. The van der Waals surface area contributed by atoms with Gasteiger partial charge < -0.3 is 20.5 Å². The Hall–Kier alpha value is -1.89.